The number of rotatable bonds is 6. The first-order chi connectivity index (χ1) is 16.2. The molecule has 0 radical (unpaired) electrons. The van der Waals surface area contributed by atoms with Crippen molar-refractivity contribution in [3.63, 3.8) is 0 Å². The quantitative estimate of drug-likeness (QED) is 0.405. The highest BCUT2D eigenvalue weighted by molar-refractivity contribution is 7.85. The lowest BCUT2D eigenvalue weighted by molar-refractivity contribution is 0.121. The molecule has 1 aliphatic heterocycles. The third-order valence-electron chi connectivity index (χ3n) is 5.66. The Hall–Kier alpha value is -3.40. The van der Waals surface area contributed by atoms with Gasteiger partial charge in [0.15, 0.2) is 12.6 Å². The first kappa shape index (κ1) is 21.4. The summed E-state index contributed by atoms with van der Waals surface area (Å²) in [6.45, 7) is 2.51. The molecule has 1 aliphatic rings. The van der Waals surface area contributed by atoms with Gasteiger partial charge in [-0.3, -0.25) is 0 Å². The number of oxazole rings is 1. The van der Waals surface area contributed by atoms with Crippen molar-refractivity contribution in [2.45, 2.75) is 0 Å². The molecule has 0 amide bonds. The van der Waals surface area contributed by atoms with Crippen molar-refractivity contribution >= 4 is 41.2 Å². The first-order valence-electron chi connectivity index (χ1n) is 11.0. The molecule has 5 nitrogen and oxygen atoms in total. The largest absolute Gasteiger partial charge is 0.420 e. The predicted octanol–water partition coefficient (Wildman–Crippen LogP) is 4.32. The summed E-state index contributed by atoms with van der Waals surface area (Å²) in [6.07, 6.45) is 3.79. The lowest BCUT2D eigenvalue weighted by atomic mass is 10.2. The lowest BCUT2D eigenvalue weighted by Crippen LogP contribution is -2.39. The van der Waals surface area contributed by atoms with Gasteiger partial charge >= 0.3 is 0 Å². The third-order valence-corrected chi connectivity index (χ3v) is 8.60. The van der Waals surface area contributed by atoms with Gasteiger partial charge in [0.05, 0.1) is 13.2 Å². The summed E-state index contributed by atoms with van der Waals surface area (Å²) < 4.78 is 26.8. The first-order valence-corrected chi connectivity index (χ1v) is 12.7. The van der Waals surface area contributed by atoms with Crippen LogP contribution in [-0.4, -0.2) is 31.3 Å². The number of ether oxygens (including phenoxy) is 1. The predicted molar refractivity (Wildman–Crippen MR) is 134 cm³/mol. The average Bonchev–Trinajstić information content (AvgIpc) is 3.34. The van der Waals surface area contributed by atoms with E-state index in [1.54, 1.807) is 0 Å². The van der Waals surface area contributed by atoms with Crippen molar-refractivity contribution in [2.24, 2.45) is 0 Å². The molecule has 3 aromatic carbocycles. The second-order valence-corrected chi connectivity index (χ2v) is 10.5. The molecule has 33 heavy (non-hydrogen) atoms. The molecule has 1 aromatic heterocycles. The van der Waals surface area contributed by atoms with Crippen LogP contribution in [0.15, 0.2) is 95.4 Å². The number of aromatic nitrogens is 1. The topological polar surface area (TPSA) is 55.6 Å². The van der Waals surface area contributed by atoms with Crippen LogP contribution >= 0.6 is 7.14 Å². The van der Waals surface area contributed by atoms with Crippen molar-refractivity contribution < 1.29 is 13.7 Å². The second-order valence-electron chi connectivity index (χ2n) is 7.80. The van der Waals surface area contributed by atoms with Gasteiger partial charge in [0, 0.05) is 29.8 Å². The lowest BCUT2D eigenvalue weighted by Gasteiger charge is -2.28. The number of hydrogen-bond acceptors (Lipinski definition) is 5. The van der Waals surface area contributed by atoms with E-state index in [9.17, 15) is 4.57 Å². The third kappa shape index (κ3) is 4.43. The van der Waals surface area contributed by atoms with E-state index in [1.807, 2.05) is 103 Å². The van der Waals surface area contributed by atoms with Crippen LogP contribution in [0.2, 0.25) is 0 Å². The number of nitrogens with zero attached hydrogens (tertiary/aromatic N) is 2. The average molecular weight is 456 g/mol. The maximum Gasteiger partial charge on any atom is 0.228 e. The number of anilines is 1. The van der Waals surface area contributed by atoms with Crippen molar-refractivity contribution in [2.75, 3.05) is 31.2 Å². The highest BCUT2D eigenvalue weighted by Crippen LogP contribution is 2.45. The van der Waals surface area contributed by atoms with Crippen molar-refractivity contribution in [1.29, 1.82) is 0 Å². The number of morpholine rings is 1. The zero-order valence-electron chi connectivity index (χ0n) is 18.2. The van der Waals surface area contributed by atoms with E-state index in [1.165, 1.54) is 0 Å². The molecule has 0 aliphatic carbocycles. The minimum atomic E-state index is -3.28. The minimum absolute atomic E-state index is 0.433. The Labute approximate surface area is 193 Å². The Bertz CT molecular complexity index is 1220. The van der Waals surface area contributed by atoms with Gasteiger partial charge in [-0.05, 0) is 11.6 Å². The molecule has 166 valence electrons. The van der Waals surface area contributed by atoms with Gasteiger partial charge in [-0.15, -0.1) is 0 Å². The molecule has 0 bridgehead atoms. The van der Waals surface area contributed by atoms with Crippen LogP contribution in [-0.2, 0) is 9.30 Å². The molecule has 5 rings (SSSR count). The maximum absolute atomic E-state index is 15.0. The van der Waals surface area contributed by atoms with Crippen LogP contribution in [0.25, 0.3) is 12.2 Å². The zero-order valence-corrected chi connectivity index (χ0v) is 19.1. The van der Waals surface area contributed by atoms with Gasteiger partial charge in [0.2, 0.25) is 11.8 Å². The normalized spacial score (nSPS) is 14.6. The summed E-state index contributed by atoms with van der Waals surface area (Å²) in [5.41, 5.74) is 1.52. The molecule has 1 fully saturated rings. The van der Waals surface area contributed by atoms with Gasteiger partial charge in [-0.2, -0.15) is 0 Å². The van der Waals surface area contributed by atoms with E-state index in [0.29, 0.717) is 43.5 Å². The molecule has 0 atom stereocenters. The summed E-state index contributed by atoms with van der Waals surface area (Å²) in [5, 5.41) is 1.47. The summed E-state index contributed by atoms with van der Waals surface area (Å²) >= 11 is 0. The number of hydrogen-bond donors (Lipinski definition) is 0. The van der Waals surface area contributed by atoms with E-state index in [0.717, 1.165) is 16.2 Å². The summed E-state index contributed by atoms with van der Waals surface area (Å²) in [6, 6.07) is 29.1. The van der Waals surface area contributed by atoms with Gasteiger partial charge in [-0.1, -0.05) is 91.0 Å². The van der Waals surface area contributed by atoms with Crippen molar-refractivity contribution in [1.82, 2.24) is 4.98 Å². The summed E-state index contributed by atoms with van der Waals surface area (Å²) in [7, 11) is -3.28. The van der Waals surface area contributed by atoms with Crippen molar-refractivity contribution in [3.05, 3.63) is 102 Å². The monoisotopic (exact) mass is 456 g/mol. The van der Waals surface area contributed by atoms with Crippen LogP contribution in [0.3, 0.4) is 0 Å². The Morgan fingerprint density at radius 3 is 1.88 bits per heavy atom. The summed E-state index contributed by atoms with van der Waals surface area (Å²) in [5.74, 6) is 0.990. The molecule has 2 heterocycles. The van der Waals surface area contributed by atoms with Crippen molar-refractivity contribution in [3.8, 4) is 0 Å². The van der Waals surface area contributed by atoms with E-state index < -0.39 is 7.14 Å². The van der Waals surface area contributed by atoms with E-state index in [4.69, 9.17) is 14.1 Å². The molecule has 1 saturated heterocycles. The Balaban J connectivity index is 1.67. The second kappa shape index (κ2) is 9.62. The fourth-order valence-electron chi connectivity index (χ4n) is 3.97. The summed E-state index contributed by atoms with van der Waals surface area (Å²) in [4.78, 5) is 6.91. The molecule has 0 saturated carbocycles. The fourth-order valence-corrected chi connectivity index (χ4v) is 6.64. The fraction of sp³-hybridized carbons (Fsp3) is 0.148. The molecule has 6 heteroatoms. The van der Waals surface area contributed by atoms with Gasteiger partial charge < -0.3 is 18.6 Å². The van der Waals surface area contributed by atoms with Gasteiger partial charge in [0.1, 0.15) is 0 Å². The molecule has 4 aromatic rings. The smallest absolute Gasteiger partial charge is 0.228 e. The van der Waals surface area contributed by atoms with E-state index in [-0.39, 0.29) is 0 Å². The van der Waals surface area contributed by atoms with Crippen LogP contribution in [0.1, 0.15) is 11.5 Å². The minimum Gasteiger partial charge on any atom is -0.420 e. The maximum atomic E-state index is 15.0. The molecule has 0 unspecified atom stereocenters. The van der Waals surface area contributed by atoms with E-state index in [2.05, 4.69) is 4.90 Å². The molecular weight excluding hydrogens is 431 g/mol. The van der Waals surface area contributed by atoms with Crippen LogP contribution in [0.5, 0.6) is 0 Å². The molecular formula is C27H25N2O3P. The molecule has 0 N–H and O–H groups in total. The highest BCUT2D eigenvalue weighted by atomic mass is 31.2. The van der Waals surface area contributed by atoms with Gasteiger partial charge in [-0.25, -0.2) is 4.98 Å². The van der Waals surface area contributed by atoms with Crippen LogP contribution in [0.4, 0.5) is 5.88 Å². The SMILES string of the molecule is O=P(c1ccccc1)(c1ccccc1)c1nc(/C=C/c2ccccc2)oc1N1CCOCC1. The number of benzene rings is 3. The molecule has 0 spiro atoms. The Kier molecular flexibility index (Phi) is 6.25. The standard InChI is InChI=1S/C27H25N2O3P/c30-33(23-12-6-2-7-13-23,24-14-8-3-9-15-24)26-27(29-18-20-31-21-19-29)32-25(28-26)17-16-22-10-4-1-5-11-22/h1-17H,18-21H2/b17-16+. The Morgan fingerprint density at radius 2 is 1.30 bits per heavy atom. The van der Waals surface area contributed by atoms with Gasteiger partial charge in [0.25, 0.3) is 0 Å². The van der Waals surface area contributed by atoms with Crippen LogP contribution in [0, 0.1) is 0 Å². The van der Waals surface area contributed by atoms with E-state index >= 15 is 0 Å². The Morgan fingerprint density at radius 1 is 0.758 bits per heavy atom. The highest BCUT2D eigenvalue weighted by Gasteiger charge is 2.38. The van der Waals surface area contributed by atoms with Crippen LogP contribution < -0.4 is 20.9 Å². The zero-order chi connectivity index (χ0) is 22.5.